The summed E-state index contributed by atoms with van der Waals surface area (Å²) < 4.78 is 0. The summed E-state index contributed by atoms with van der Waals surface area (Å²) in [5.74, 6) is 0. The molecule has 34 heavy (non-hydrogen) atoms. The molecule has 0 saturated heterocycles. The van der Waals surface area contributed by atoms with Crippen molar-refractivity contribution in [3.8, 4) is 22.8 Å². The monoisotopic (exact) mass is 434 g/mol. The minimum Gasteiger partial charge on any atom is -0.254 e. The van der Waals surface area contributed by atoms with Gasteiger partial charge in [0.2, 0.25) is 0 Å². The summed E-state index contributed by atoms with van der Waals surface area (Å²) in [6.45, 7) is 0. The van der Waals surface area contributed by atoms with E-state index in [4.69, 9.17) is 15.0 Å². The zero-order valence-electron chi connectivity index (χ0n) is 18.2. The number of rotatable bonds is 2. The van der Waals surface area contributed by atoms with Crippen LogP contribution >= 0.6 is 0 Å². The standard InChI is InChI=1S/C30H18N4/c1-3-9-21-19(7-1)13-14-24-28(21)23-11-5-6-12-25(23)34-30(24)27-18-32-26(17-33-27)29-22-10-4-2-8-20(22)15-16-31-29/h1-18H. The average Bonchev–Trinajstić information content (AvgIpc) is 2.92. The molecule has 7 rings (SSSR count). The van der Waals surface area contributed by atoms with Crippen LogP contribution in [0.4, 0.5) is 0 Å². The third kappa shape index (κ3) is 2.86. The SMILES string of the molecule is c1ccc2c(-c3cnc(-c4nc5ccccc5c5c4ccc4ccccc45)cn3)nccc2c1. The van der Waals surface area contributed by atoms with E-state index in [-0.39, 0.29) is 0 Å². The smallest absolute Gasteiger partial charge is 0.108 e. The molecule has 0 fully saturated rings. The Morgan fingerprint density at radius 1 is 0.441 bits per heavy atom. The van der Waals surface area contributed by atoms with Crippen molar-refractivity contribution in [1.29, 1.82) is 0 Å². The van der Waals surface area contributed by atoms with Crippen molar-refractivity contribution >= 4 is 43.2 Å². The van der Waals surface area contributed by atoms with Gasteiger partial charge in [-0.05, 0) is 28.3 Å². The van der Waals surface area contributed by atoms with E-state index in [0.717, 1.165) is 49.8 Å². The summed E-state index contributed by atoms with van der Waals surface area (Å²) >= 11 is 0. The van der Waals surface area contributed by atoms with Gasteiger partial charge < -0.3 is 0 Å². The van der Waals surface area contributed by atoms with Crippen molar-refractivity contribution in [2.24, 2.45) is 0 Å². The van der Waals surface area contributed by atoms with Crippen molar-refractivity contribution in [2.45, 2.75) is 0 Å². The van der Waals surface area contributed by atoms with Crippen LogP contribution in [0.15, 0.2) is 110 Å². The molecule has 3 heterocycles. The molecule has 0 aliphatic heterocycles. The van der Waals surface area contributed by atoms with Gasteiger partial charge in [-0.2, -0.15) is 0 Å². The average molecular weight is 435 g/mol. The van der Waals surface area contributed by atoms with Crippen LogP contribution in [-0.2, 0) is 0 Å². The van der Waals surface area contributed by atoms with Crippen LogP contribution in [0.1, 0.15) is 0 Å². The van der Waals surface area contributed by atoms with Gasteiger partial charge >= 0.3 is 0 Å². The van der Waals surface area contributed by atoms with Gasteiger partial charge in [0, 0.05) is 27.7 Å². The Morgan fingerprint density at radius 3 is 1.88 bits per heavy atom. The summed E-state index contributed by atoms with van der Waals surface area (Å²) in [6, 6.07) is 31.3. The Hall–Kier alpha value is -4.70. The van der Waals surface area contributed by atoms with E-state index in [2.05, 4.69) is 71.7 Å². The highest BCUT2D eigenvalue weighted by atomic mass is 14.9. The molecular formula is C30H18N4. The topological polar surface area (TPSA) is 51.6 Å². The predicted molar refractivity (Wildman–Crippen MR) is 139 cm³/mol. The number of fused-ring (bicyclic) bond motifs is 6. The molecule has 0 aliphatic rings. The van der Waals surface area contributed by atoms with E-state index in [9.17, 15) is 0 Å². The molecule has 0 amide bonds. The molecule has 0 saturated carbocycles. The van der Waals surface area contributed by atoms with Gasteiger partial charge in [0.1, 0.15) is 11.4 Å². The van der Waals surface area contributed by atoms with Gasteiger partial charge in [0.15, 0.2) is 0 Å². The number of pyridine rings is 2. The number of benzene rings is 4. The molecule has 0 atom stereocenters. The first-order chi connectivity index (χ1) is 16.9. The van der Waals surface area contributed by atoms with Gasteiger partial charge in [0.25, 0.3) is 0 Å². The van der Waals surface area contributed by atoms with E-state index in [1.807, 2.05) is 36.7 Å². The summed E-state index contributed by atoms with van der Waals surface area (Å²) in [4.78, 5) is 19.2. The van der Waals surface area contributed by atoms with Crippen molar-refractivity contribution in [2.75, 3.05) is 0 Å². The van der Waals surface area contributed by atoms with Crippen LogP contribution in [0.5, 0.6) is 0 Å². The Morgan fingerprint density at radius 2 is 1.09 bits per heavy atom. The summed E-state index contributed by atoms with van der Waals surface area (Å²) in [5.41, 5.74) is 4.11. The molecule has 3 aromatic heterocycles. The first-order valence-corrected chi connectivity index (χ1v) is 11.2. The molecule has 4 heteroatoms. The zero-order chi connectivity index (χ0) is 22.5. The minimum atomic E-state index is 0.745. The predicted octanol–water partition coefficient (Wildman–Crippen LogP) is 7.21. The van der Waals surface area contributed by atoms with Crippen LogP contribution in [0, 0.1) is 0 Å². The second-order valence-corrected chi connectivity index (χ2v) is 8.35. The maximum Gasteiger partial charge on any atom is 0.108 e. The van der Waals surface area contributed by atoms with Crippen LogP contribution in [-0.4, -0.2) is 19.9 Å². The van der Waals surface area contributed by atoms with E-state index >= 15 is 0 Å². The highest BCUT2D eigenvalue weighted by Crippen LogP contribution is 2.36. The first-order valence-electron chi connectivity index (χ1n) is 11.2. The lowest BCUT2D eigenvalue weighted by molar-refractivity contribution is 1.18. The van der Waals surface area contributed by atoms with Gasteiger partial charge in [0.05, 0.1) is 29.3 Å². The molecule has 0 bridgehead atoms. The maximum absolute atomic E-state index is 5.01. The molecule has 0 aliphatic carbocycles. The highest BCUT2D eigenvalue weighted by Gasteiger charge is 2.15. The fraction of sp³-hybridized carbons (Fsp3) is 0. The number of hydrogen-bond donors (Lipinski definition) is 0. The van der Waals surface area contributed by atoms with E-state index in [1.54, 1.807) is 6.20 Å². The van der Waals surface area contributed by atoms with E-state index < -0.39 is 0 Å². The lowest BCUT2D eigenvalue weighted by Crippen LogP contribution is -1.96. The van der Waals surface area contributed by atoms with Crippen LogP contribution in [0.25, 0.3) is 66.0 Å². The second kappa shape index (κ2) is 7.42. The fourth-order valence-corrected chi connectivity index (χ4v) is 4.81. The molecule has 4 nitrogen and oxygen atoms in total. The summed E-state index contributed by atoms with van der Waals surface area (Å²) in [7, 11) is 0. The number of hydrogen-bond acceptors (Lipinski definition) is 4. The quantitative estimate of drug-likeness (QED) is 0.270. The van der Waals surface area contributed by atoms with Gasteiger partial charge in [-0.3, -0.25) is 15.0 Å². The van der Waals surface area contributed by atoms with Gasteiger partial charge in [-0.15, -0.1) is 0 Å². The van der Waals surface area contributed by atoms with Crippen molar-refractivity contribution in [3.63, 3.8) is 0 Å². The van der Waals surface area contributed by atoms with E-state index in [1.165, 1.54) is 16.2 Å². The highest BCUT2D eigenvalue weighted by molar-refractivity contribution is 6.22. The Bertz CT molecular complexity index is 1840. The molecule has 0 spiro atoms. The molecule has 4 aromatic carbocycles. The van der Waals surface area contributed by atoms with Crippen LogP contribution < -0.4 is 0 Å². The number of para-hydroxylation sites is 1. The number of aromatic nitrogens is 4. The minimum absolute atomic E-state index is 0.745. The Labute approximate surface area is 195 Å². The maximum atomic E-state index is 5.01. The van der Waals surface area contributed by atoms with Crippen molar-refractivity contribution in [3.05, 3.63) is 110 Å². The Kier molecular flexibility index (Phi) is 4.11. The normalized spacial score (nSPS) is 11.5. The molecule has 0 unspecified atom stereocenters. The lowest BCUT2D eigenvalue weighted by atomic mass is 9.96. The zero-order valence-corrected chi connectivity index (χ0v) is 18.2. The summed E-state index contributed by atoms with van der Waals surface area (Å²) in [5, 5.41) is 8.02. The van der Waals surface area contributed by atoms with Gasteiger partial charge in [-0.25, -0.2) is 4.98 Å². The molecular weight excluding hydrogens is 416 g/mol. The van der Waals surface area contributed by atoms with Crippen molar-refractivity contribution < 1.29 is 0 Å². The molecule has 0 radical (unpaired) electrons. The Balaban J connectivity index is 1.46. The largest absolute Gasteiger partial charge is 0.254 e. The van der Waals surface area contributed by atoms with Crippen LogP contribution in [0.3, 0.4) is 0 Å². The fourth-order valence-electron chi connectivity index (χ4n) is 4.81. The third-order valence-corrected chi connectivity index (χ3v) is 6.40. The van der Waals surface area contributed by atoms with Crippen molar-refractivity contribution in [1.82, 2.24) is 19.9 Å². The molecule has 158 valence electrons. The van der Waals surface area contributed by atoms with E-state index in [0.29, 0.717) is 0 Å². The second-order valence-electron chi connectivity index (χ2n) is 8.35. The summed E-state index contributed by atoms with van der Waals surface area (Å²) in [6.07, 6.45) is 5.43. The number of nitrogens with zero attached hydrogens (tertiary/aromatic N) is 4. The molecule has 7 aromatic rings. The first kappa shape index (κ1) is 18.8. The lowest BCUT2D eigenvalue weighted by Gasteiger charge is -2.12. The molecule has 0 N–H and O–H groups in total. The van der Waals surface area contributed by atoms with Crippen LogP contribution in [0.2, 0.25) is 0 Å². The van der Waals surface area contributed by atoms with Gasteiger partial charge in [-0.1, -0.05) is 78.9 Å². The third-order valence-electron chi connectivity index (χ3n) is 6.40.